The maximum atomic E-state index is 10.8. The highest BCUT2D eigenvalue weighted by Gasteiger charge is 2.01. The van der Waals surface area contributed by atoms with Crippen LogP contribution in [0, 0.1) is 0 Å². The number of aldehydes is 2. The van der Waals surface area contributed by atoms with Gasteiger partial charge in [-0.2, -0.15) is 0 Å². The van der Waals surface area contributed by atoms with Gasteiger partial charge in [0.1, 0.15) is 0 Å². The Morgan fingerprint density at radius 1 is 0.944 bits per heavy atom. The first-order chi connectivity index (χ1) is 8.81. The van der Waals surface area contributed by atoms with E-state index in [-0.39, 0.29) is 0 Å². The van der Waals surface area contributed by atoms with Crippen molar-refractivity contribution in [2.24, 2.45) is 0 Å². The monoisotopic (exact) mass is 248 g/mol. The van der Waals surface area contributed by atoms with Crippen LogP contribution in [0.25, 0.3) is 0 Å². The van der Waals surface area contributed by atoms with E-state index in [1.54, 1.807) is 18.2 Å². The van der Waals surface area contributed by atoms with Gasteiger partial charge in [-0.1, -0.05) is 0 Å². The molecule has 18 heavy (non-hydrogen) atoms. The first-order valence-corrected chi connectivity index (χ1v) is 5.77. The van der Waals surface area contributed by atoms with Crippen molar-refractivity contribution in [3.05, 3.63) is 29.3 Å². The molecule has 1 aromatic rings. The van der Waals surface area contributed by atoms with Crippen LogP contribution < -0.4 is 10.6 Å². The van der Waals surface area contributed by atoms with Gasteiger partial charge in [-0.25, -0.2) is 0 Å². The fourth-order valence-electron chi connectivity index (χ4n) is 1.54. The van der Waals surface area contributed by atoms with E-state index >= 15 is 0 Å². The highest BCUT2D eigenvalue weighted by atomic mass is 16.1. The maximum Gasteiger partial charge on any atom is 0.207 e. The minimum Gasteiger partial charge on any atom is -0.385 e. The Balaban J connectivity index is 2.40. The molecule has 0 fully saturated rings. The number of carbonyl (C=O) groups is 3. The summed E-state index contributed by atoms with van der Waals surface area (Å²) in [5, 5.41) is 5.74. The van der Waals surface area contributed by atoms with Crippen LogP contribution in [0.4, 0.5) is 5.69 Å². The summed E-state index contributed by atoms with van der Waals surface area (Å²) in [4.78, 5) is 31.4. The summed E-state index contributed by atoms with van der Waals surface area (Å²) >= 11 is 0. The molecule has 1 aromatic carbocycles. The van der Waals surface area contributed by atoms with Crippen molar-refractivity contribution in [1.29, 1.82) is 0 Å². The zero-order valence-corrected chi connectivity index (χ0v) is 10.0. The van der Waals surface area contributed by atoms with Crippen molar-refractivity contribution in [1.82, 2.24) is 5.32 Å². The minimum absolute atomic E-state index is 0.387. The number of benzene rings is 1. The lowest BCUT2D eigenvalue weighted by atomic mass is 10.1. The van der Waals surface area contributed by atoms with Gasteiger partial charge in [0.05, 0.1) is 0 Å². The Morgan fingerprint density at radius 3 is 2.33 bits per heavy atom. The molecule has 0 saturated carbocycles. The number of hydrogen-bond acceptors (Lipinski definition) is 4. The lowest BCUT2D eigenvalue weighted by Crippen LogP contribution is -2.13. The molecule has 5 heteroatoms. The molecule has 0 radical (unpaired) electrons. The largest absolute Gasteiger partial charge is 0.385 e. The van der Waals surface area contributed by atoms with Crippen molar-refractivity contribution >= 4 is 24.7 Å². The van der Waals surface area contributed by atoms with E-state index in [1.165, 1.54) is 0 Å². The van der Waals surface area contributed by atoms with Gasteiger partial charge < -0.3 is 10.6 Å². The summed E-state index contributed by atoms with van der Waals surface area (Å²) < 4.78 is 0. The summed E-state index contributed by atoms with van der Waals surface area (Å²) in [5.74, 6) is 0. The van der Waals surface area contributed by atoms with Crippen molar-refractivity contribution in [2.75, 3.05) is 18.4 Å². The summed E-state index contributed by atoms with van der Waals surface area (Å²) in [6, 6.07) is 5.04. The first-order valence-electron chi connectivity index (χ1n) is 5.77. The molecule has 0 saturated heterocycles. The lowest BCUT2D eigenvalue weighted by Gasteiger charge is -2.07. The molecule has 0 aliphatic heterocycles. The molecule has 0 atom stereocenters. The molecule has 2 N–H and O–H groups in total. The van der Waals surface area contributed by atoms with Gasteiger partial charge in [-0.05, 0) is 31.0 Å². The summed E-state index contributed by atoms with van der Waals surface area (Å²) in [6.45, 7) is 1.41. The van der Waals surface area contributed by atoms with Gasteiger partial charge in [-0.3, -0.25) is 14.4 Å². The van der Waals surface area contributed by atoms with Crippen LogP contribution in [0.15, 0.2) is 18.2 Å². The van der Waals surface area contributed by atoms with Crippen LogP contribution in [-0.2, 0) is 4.79 Å². The fraction of sp³-hybridized carbons (Fsp3) is 0.308. The van der Waals surface area contributed by atoms with Crippen LogP contribution in [0.1, 0.15) is 33.6 Å². The predicted octanol–water partition coefficient (Wildman–Crippen LogP) is 1.25. The third-order valence-corrected chi connectivity index (χ3v) is 2.50. The third kappa shape index (κ3) is 4.37. The summed E-state index contributed by atoms with van der Waals surface area (Å²) in [6.07, 6.45) is 3.81. The second kappa shape index (κ2) is 8.00. The van der Waals surface area contributed by atoms with E-state index in [0.29, 0.717) is 36.7 Å². The number of anilines is 1. The molecule has 0 unspecified atom stereocenters. The molecule has 1 amide bonds. The van der Waals surface area contributed by atoms with E-state index in [9.17, 15) is 14.4 Å². The molecule has 1 rings (SSSR count). The molecule has 0 bridgehead atoms. The smallest absolute Gasteiger partial charge is 0.207 e. The highest BCUT2D eigenvalue weighted by Crippen LogP contribution is 2.13. The van der Waals surface area contributed by atoms with E-state index in [0.717, 1.165) is 25.1 Å². The van der Waals surface area contributed by atoms with Gasteiger partial charge in [0.2, 0.25) is 6.41 Å². The average Bonchev–Trinajstić information content (AvgIpc) is 2.42. The van der Waals surface area contributed by atoms with Crippen LogP contribution in [-0.4, -0.2) is 32.1 Å². The third-order valence-electron chi connectivity index (χ3n) is 2.50. The predicted molar refractivity (Wildman–Crippen MR) is 69.0 cm³/mol. The van der Waals surface area contributed by atoms with Gasteiger partial charge >= 0.3 is 0 Å². The van der Waals surface area contributed by atoms with Gasteiger partial charge in [0.25, 0.3) is 0 Å². The van der Waals surface area contributed by atoms with Crippen LogP contribution in [0.3, 0.4) is 0 Å². The molecule has 0 aliphatic rings. The zero-order chi connectivity index (χ0) is 13.2. The Kier molecular flexibility index (Phi) is 6.17. The number of carbonyl (C=O) groups excluding carboxylic acids is 3. The highest BCUT2D eigenvalue weighted by molar-refractivity contribution is 5.91. The normalized spacial score (nSPS) is 9.56. The molecule has 0 spiro atoms. The number of rotatable bonds is 9. The van der Waals surface area contributed by atoms with Gasteiger partial charge in [0.15, 0.2) is 12.6 Å². The first kappa shape index (κ1) is 13.9. The van der Waals surface area contributed by atoms with Crippen LogP contribution in [0.2, 0.25) is 0 Å². The van der Waals surface area contributed by atoms with Crippen molar-refractivity contribution in [3.63, 3.8) is 0 Å². The van der Waals surface area contributed by atoms with E-state index in [2.05, 4.69) is 10.6 Å². The minimum atomic E-state index is 0.387. The molecule has 0 aromatic heterocycles. The quantitative estimate of drug-likeness (QED) is 0.509. The molecule has 0 heterocycles. The zero-order valence-electron chi connectivity index (χ0n) is 10.0. The molecular formula is C13H16N2O3. The summed E-state index contributed by atoms with van der Waals surface area (Å²) in [5.41, 5.74) is 1.59. The standard InChI is InChI=1S/C13H16N2O3/c16-8-11-3-4-13(7-12(11)9-17)15-6-2-1-5-14-10-18/h3-4,7-10,15H,1-2,5-6H2,(H,14,18). The Hall–Kier alpha value is -2.17. The number of amides is 1. The number of unbranched alkanes of at least 4 members (excludes halogenated alkanes) is 1. The Bertz CT molecular complexity index is 419. The van der Waals surface area contributed by atoms with Crippen molar-refractivity contribution in [2.45, 2.75) is 12.8 Å². The lowest BCUT2D eigenvalue weighted by molar-refractivity contribution is -0.109. The number of hydrogen-bond donors (Lipinski definition) is 2. The Labute approximate surface area is 106 Å². The van der Waals surface area contributed by atoms with Crippen molar-refractivity contribution < 1.29 is 14.4 Å². The van der Waals surface area contributed by atoms with Crippen LogP contribution in [0.5, 0.6) is 0 Å². The number of nitrogens with one attached hydrogen (secondary N) is 2. The van der Waals surface area contributed by atoms with Crippen molar-refractivity contribution in [3.8, 4) is 0 Å². The SMILES string of the molecule is O=CNCCCCNc1ccc(C=O)c(C=O)c1. The van der Waals surface area contributed by atoms with Crippen LogP contribution >= 0.6 is 0 Å². The molecular weight excluding hydrogens is 232 g/mol. The van der Waals surface area contributed by atoms with Gasteiger partial charge in [-0.15, -0.1) is 0 Å². The molecule has 96 valence electrons. The van der Waals surface area contributed by atoms with E-state index in [4.69, 9.17) is 0 Å². The average molecular weight is 248 g/mol. The fourth-order valence-corrected chi connectivity index (χ4v) is 1.54. The van der Waals surface area contributed by atoms with Gasteiger partial charge in [0, 0.05) is 29.9 Å². The van der Waals surface area contributed by atoms with E-state index in [1.807, 2.05) is 0 Å². The topological polar surface area (TPSA) is 75.3 Å². The van der Waals surface area contributed by atoms with E-state index < -0.39 is 0 Å². The summed E-state index contributed by atoms with van der Waals surface area (Å²) in [7, 11) is 0. The second-order valence-electron chi connectivity index (χ2n) is 3.79. The Morgan fingerprint density at radius 2 is 1.67 bits per heavy atom. The maximum absolute atomic E-state index is 10.8. The molecule has 0 aliphatic carbocycles. The molecule has 5 nitrogen and oxygen atoms in total. The second-order valence-corrected chi connectivity index (χ2v) is 3.79.